The molecule has 1 atom stereocenters. The van der Waals surface area contributed by atoms with Crippen molar-refractivity contribution in [2.24, 2.45) is 0 Å². The Labute approximate surface area is 215 Å². The van der Waals surface area contributed by atoms with E-state index in [0.717, 1.165) is 10.4 Å². The number of carbonyl (C=O) groups is 1. The maximum Gasteiger partial charge on any atom is 0.243 e. The number of sulfonamides is 1. The van der Waals surface area contributed by atoms with Crippen LogP contribution < -0.4 is 9.47 Å². The lowest BCUT2D eigenvalue weighted by Gasteiger charge is -2.37. The topological polar surface area (TPSA) is 76.2 Å². The second-order valence-electron chi connectivity index (χ2n) is 8.41. The van der Waals surface area contributed by atoms with Crippen molar-refractivity contribution >= 4 is 27.3 Å². The van der Waals surface area contributed by atoms with Gasteiger partial charge in [-0.15, -0.1) is 11.3 Å². The molecule has 0 radical (unpaired) electrons. The van der Waals surface area contributed by atoms with Crippen molar-refractivity contribution < 1.29 is 27.1 Å². The van der Waals surface area contributed by atoms with E-state index < -0.39 is 21.9 Å². The SMILES string of the molecule is CCCN(CC(=O)N1CCc2sccc2C1COc1ccccc1F)S(=O)(=O)c1ccc(OC)cc1. The minimum atomic E-state index is -3.90. The highest BCUT2D eigenvalue weighted by Gasteiger charge is 2.35. The lowest BCUT2D eigenvalue weighted by molar-refractivity contribution is -0.135. The Morgan fingerprint density at radius 1 is 1.17 bits per heavy atom. The minimum absolute atomic E-state index is 0.0649. The zero-order valence-corrected chi connectivity index (χ0v) is 21.9. The predicted octanol–water partition coefficient (Wildman–Crippen LogP) is 4.50. The van der Waals surface area contributed by atoms with Gasteiger partial charge in [-0.2, -0.15) is 4.31 Å². The molecule has 2 aromatic carbocycles. The molecule has 4 rings (SSSR count). The van der Waals surface area contributed by atoms with Gasteiger partial charge < -0.3 is 14.4 Å². The maximum absolute atomic E-state index is 14.1. The molecule has 1 amide bonds. The van der Waals surface area contributed by atoms with Gasteiger partial charge in [0.15, 0.2) is 11.6 Å². The summed E-state index contributed by atoms with van der Waals surface area (Å²) in [6.45, 7) is 2.27. The van der Waals surface area contributed by atoms with E-state index in [2.05, 4.69) is 0 Å². The summed E-state index contributed by atoms with van der Waals surface area (Å²) in [6.07, 6.45) is 1.23. The first kappa shape index (κ1) is 26.1. The Hall–Kier alpha value is -2.95. The number of ether oxygens (including phenoxy) is 2. The van der Waals surface area contributed by atoms with Crippen LogP contribution in [-0.4, -0.2) is 56.9 Å². The molecule has 0 saturated carbocycles. The van der Waals surface area contributed by atoms with Crippen LogP contribution in [0.1, 0.15) is 29.8 Å². The van der Waals surface area contributed by atoms with Crippen molar-refractivity contribution in [3.63, 3.8) is 0 Å². The van der Waals surface area contributed by atoms with Crippen LogP contribution in [-0.2, 0) is 21.2 Å². The first-order chi connectivity index (χ1) is 17.3. The maximum atomic E-state index is 14.1. The lowest BCUT2D eigenvalue weighted by atomic mass is 10.0. The summed E-state index contributed by atoms with van der Waals surface area (Å²) in [6, 6.07) is 13.8. The first-order valence-electron chi connectivity index (χ1n) is 11.7. The first-order valence-corrected chi connectivity index (χ1v) is 14.0. The number of para-hydroxylation sites is 1. The van der Waals surface area contributed by atoms with Gasteiger partial charge in [-0.1, -0.05) is 19.1 Å². The van der Waals surface area contributed by atoms with Gasteiger partial charge >= 0.3 is 0 Å². The smallest absolute Gasteiger partial charge is 0.243 e. The Kier molecular flexibility index (Phi) is 8.28. The van der Waals surface area contributed by atoms with Gasteiger partial charge in [0.05, 0.1) is 24.6 Å². The second kappa shape index (κ2) is 11.4. The van der Waals surface area contributed by atoms with E-state index in [1.54, 1.807) is 46.6 Å². The molecule has 0 saturated heterocycles. The molecule has 0 aliphatic carbocycles. The average molecular weight is 533 g/mol. The number of halogens is 1. The van der Waals surface area contributed by atoms with Gasteiger partial charge in [0, 0.05) is 18.0 Å². The second-order valence-corrected chi connectivity index (χ2v) is 11.3. The number of rotatable bonds is 10. The molecule has 0 bridgehead atoms. The molecule has 10 heteroatoms. The van der Waals surface area contributed by atoms with Crippen molar-refractivity contribution in [1.29, 1.82) is 0 Å². The van der Waals surface area contributed by atoms with E-state index in [1.165, 1.54) is 29.6 Å². The third-order valence-electron chi connectivity index (χ3n) is 6.13. The highest BCUT2D eigenvalue weighted by atomic mass is 32.2. The zero-order chi connectivity index (χ0) is 25.7. The molecular weight excluding hydrogens is 503 g/mol. The Balaban J connectivity index is 1.56. The quantitative estimate of drug-likeness (QED) is 0.384. The predicted molar refractivity (Wildman–Crippen MR) is 136 cm³/mol. The number of nitrogens with zero attached hydrogens (tertiary/aromatic N) is 2. The number of methoxy groups -OCH3 is 1. The number of hydrogen-bond donors (Lipinski definition) is 0. The van der Waals surface area contributed by atoms with Crippen LogP contribution in [0.4, 0.5) is 4.39 Å². The van der Waals surface area contributed by atoms with Crippen molar-refractivity contribution in [3.8, 4) is 11.5 Å². The van der Waals surface area contributed by atoms with Gasteiger partial charge in [0.1, 0.15) is 12.4 Å². The zero-order valence-electron chi connectivity index (χ0n) is 20.2. The largest absolute Gasteiger partial charge is 0.497 e. The van der Waals surface area contributed by atoms with Gasteiger partial charge in [0.25, 0.3) is 0 Å². The molecule has 2 heterocycles. The fraction of sp³-hybridized carbons (Fsp3) is 0.346. The summed E-state index contributed by atoms with van der Waals surface area (Å²) in [4.78, 5) is 16.5. The molecule has 1 unspecified atom stereocenters. The summed E-state index contributed by atoms with van der Waals surface area (Å²) in [5, 5.41) is 1.96. The van der Waals surface area contributed by atoms with Crippen LogP contribution >= 0.6 is 11.3 Å². The summed E-state index contributed by atoms with van der Waals surface area (Å²) in [5.74, 6) is -0.137. The van der Waals surface area contributed by atoms with Gasteiger partial charge in [0.2, 0.25) is 15.9 Å². The van der Waals surface area contributed by atoms with Gasteiger partial charge in [-0.3, -0.25) is 4.79 Å². The van der Waals surface area contributed by atoms with Crippen molar-refractivity contribution in [3.05, 3.63) is 76.2 Å². The van der Waals surface area contributed by atoms with Crippen LogP contribution in [0.2, 0.25) is 0 Å². The fourth-order valence-electron chi connectivity index (χ4n) is 4.28. The molecule has 1 aromatic heterocycles. The molecule has 0 spiro atoms. The molecule has 0 fully saturated rings. The van der Waals surface area contributed by atoms with Crippen LogP contribution in [0.15, 0.2) is 64.9 Å². The number of hydrogen-bond acceptors (Lipinski definition) is 6. The highest BCUT2D eigenvalue weighted by molar-refractivity contribution is 7.89. The summed E-state index contributed by atoms with van der Waals surface area (Å²) in [5.41, 5.74) is 0.955. The Bertz CT molecular complexity index is 1290. The third kappa shape index (κ3) is 5.55. The molecular formula is C26H29FN2O5S2. The van der Waals surface area contributed by atoms with Crippen LogP contribution in [0.25, 0.3) is 0 Å². The summed E-state index contributed by atoms with van der Waals surface area (Å²) in [7, 11) is -2.39. The highest BCUT2D eigenvalue weighted by Crippen LogP contribution is 2.34. The van der Waals surface area contributed by atoms with E-state index in [9.17, 15) is 17.6 Å². The molecule has 0 N–H and O–H groups in total. The Morgan fingerprint density at radius 2 is 1.92 bits per heavy atom. The molecule has 192 valence electrons. The van der Waals surface area contributed by atoms with E-state index in [-0.39, 0.29) is 36.2 Å². The molecule has 7 nitrogen and oxygen atoms in total. The van der Waals surface area contributed by atoms with Gasteiger partial charge in [-0.05, 0) is 66.2 Å². The van der Waals surface area contributed by atoms with Crippen LogP contribution in [0, 0.1) is 5.82 Å². The summed E-state index contributed by atoms with van der Waals surface area (Å²) >= 11 is 1.61. The number of amides is 1. The van der Waals surface area contributed by atoms with E-state index in [4.69, 9.17) is 9.47 Å². The monoisotopic (exact) mass is 532 g/mol. The van der Waals surface area contributed by atoms with E-state index in [0.29, 0.717) is 25.1 Å². The van der Waals surface area contributed by atoms with Crippen LogP contribution in [0.3, 0.4) is 0 Å². The van der Waals surface area contributed by atoms with Crippen molar-refractivity contribution in [2.45, 2.75) is 30.7 Å². The van der Waals surface area contributed by atoms with Gasteiger partial charge in [-0.25, -0.2) is 12.8 Å². The van der Waals surface area contributed by atoms with Crippen molar-refractivity contribution in [2.75, 3.05) is 33.4 Å². The van der Waals surface area contributed by atoms with E-state index >= 15 is 0 Å². The normalized spacial score (nSPS) is 15.6. The summed E-state index contributed by atoms with van der Waals surface area (Å²) < 4.78 is 53.0. The molecule has 36 heavy (non-hydrogen) atoms. The lowest BCUT2D eigenvalue weighted by Crippen LogP contribution is -2.48. The molecule has 1 aliphatic heterocycles. The minimum Gasteiger partial charge on any atom is -0.497 e. The standard InChI is InChI=1S/C26H29FN2O5S2/c1-3-14-28(36(31,32)20-10-8-19(33-2)9-11-20)17-26(30)29-15-12-25-21(13-16-35-25)23(29)18-34-24-7-5-4-6-22(24)27/h4-11,13,16,23H,3,12,14-15,17-18H2,1-2H3. The molecule has 3 aromatic rings. The number of benzene rings is 2. The third-order valence-corrected chi connectivity index (χ3v) is 8.99. The van der Waals surface area contributed by atoms with Crippen LogP contribution in [0.5, 0.6) is 11.5 Å². The number of carbonyl (C=O) groups excluding carboxylic acids is 1. The Morgan fingerprint density at radius 3 is 2.61 bits per heavy atom. The molecule has 1 aliphatic rings. The fourth-order valence-corrected chi connectivity index (χ4v) is 6.69. The van der Waals surface area contributed by atoms with E-state index in [1.807, 2.05) is 18.4 Å². The number of thiophene rings is 1. The number of fused-ring (bicyclic) bond motifs is 1. The van der Waals surface area contributed by atoms with Crippen molar-refractivity contribution in [1.82, 2.24) is 9.21 Å². The average Bonchev–Trinajstić information content (AvgIpc) is 3.37.